The molecule has 0 radical (unpaired) electrons. The second-order valence-corrected chi connectivity index (χ2v) is 5.30. The molecular weight excluding hydrogens is 210 g/mol. The molecule has 0 bridgehead atoms. The van der Waals surface area contributed by atoms with Gasteiger partial charge in [-0.15, -0.1) is 0 Å². The Balaban J connectivity index is 2.05. The van der Waals surface area contributed by atoms with Crippen LogP contribution in [0.25, 0.3) is 0 Å². The molecule has 0 amide bonds. The van der Waals surface area contributed by atoms with Crippen LogP contribution in [0.5, 0.6) is 0 Å². The van der Waals surface area contributed by atoms with Crippen LogP contribution in [0.3, 0.4) is 0 Å². The first-order chi connectivity index (χ1) is 8.13. The maximum atomic E-state index is 10.4. The zero-order valence-electron chi connectivity index (χ0n) is 10.9. The van der Waals surface area contributed by atoms with Crippen molar-refractivity contribution in [3.8, 4) is 0 Å². The molecule has 0 aliphatic heterocycles. The van der Waals surface area contributed by atoms with Gasteiger partial charge in [0.2, 0.25) is 0 Å². The molecule has 0 saturated heterocycles. The van der Waals surface area contributed by atoms with E-state index in [1.54, 1.807) is 0 Å². The zero-order valence-corrected chi connectivity index (χ0v) is 10.9. The number of benzene rings is 1. The molecule has 1 fully saturated rings. The molecule has 2 heteroatoms. The van der Waals surface area contributed by atoms with E-state index < -0.39 is 5.60 Å². The Labute approximate surface area is 104 Å². The van der Waals surface area contributed by atoms with E-state index >= 15 is 0 Å². The van der Waals surface area contributed by atoms with Crippen molar-refractivity contribution in [2.45, 2.75) is 44.6 Å². The number of aliphatic hydroxyl groups is 1. The van der Waals surface area contributed by atoms with Gasteiger partial charge in [0, 0.05) is 6.54 Å². The molecule has 94 valence electrons. The van der Waals surface area contributed by atoms with Gasteiger partial charge in [-0.1, -0.05) is 37.6 Å². The van der Waals surface area contributed by atoms with Gasteiger partial charge in [0.05, 0.1) is 5.60 Å². The summed E-state index contributed by atoms with van der Waals surface area (Å²) in [5.41, 5.74) is 1.66. The van der Waals surface area contributed by atoms with Crippen LogP contribution in [0.1, 0.15) is 50.2 Å². The molecule has 0 heterocycles. The van der Waals surface area contributed by atoms with Gasteiger partial charge in [-0.2, -0.15) is 0 Å². The van der Waals surface area contributed by atoms with Gasteiger partial charge in [0.1, 0.15) is 0 Å². The van der Waals surface area contributed by atoms with Crippen LogP contribution in [0, 0.1) is 0 Å². The highest BCUT2D eigenvalue weighted by atomic mass is 16.3. The smallest absolute Gasteiger partial charge is 0.0992 e. The summed E-state index contributed by atoms with van der Waals surface area (Å²) >= 11 is 0. The summed E-state index contributed by atoms with van der Waals surface area (Å²) in [6.45, 7) is 5.41. The molecule has 2 nitrogen and oxygen atoms in total. The van der Waals surface area contributed by atoms with Crippen molar-refractivity contribution in [2.75, 3.05) is 13.1 Å². The van der Waals surface area contributed by atoms with E-state index in [1.807, 2.05) is 6.92 Å². The Morgan fingerprint density at radius 2 is 1.94 bits per heavy atom. The second kappa shape index (κ2) is 5.19. The lowest BCUT2D eigenvalue weighted by atomic mass is 9.79. The normalized spacial score (nSPS) is 19.7. The summed E-state index contributed by atoms with van der Waals surface area (Å²) in [4.78, 5) is 0. The number of hydrogen-bond acceptors (Lipinski definition) is 2. The van der Waals surface area contributed by atoms with E-state index in [0.717, 1.165) is 18.0 Å². The van der Waals surface area contributed by atoms with Crippen molar-refractivity contribution in [1.29, 1.82) is 0 Å². The minimum Gasteiger partial charge on any atom is -0.384 e. The van der Waals surface area contributed by atoms with Crippen molar-refractivity contribution in [1.82, 2.24) is 5.32 Å². The van der Waals surface area contributed by atoms with Crippen LogP contribution in [-0.4, -0.2) is 18.2 Å². The molecular formula is C15H23NO. The quantitative estimate of drug-likeness (QED) is 0.819. The maximum absolute atomic E-state index is 10.4. The first kappa shape index (κ1) is 12.6. The number of likely N-dealkylation sites (N-methyl/N-ethyl adjacent to an activating group) is 1. The molecule has 1 atom stereocenters. The van der Waals surface area contributed by atoms with E-state index in [9.17, 15) is 5.11 Å². The summed E-state index contributed by atoms with van der Waals surface area (Å²) in [6, 6.07) is 8.51. The van der Waals surface area contributed by atoms with Crippen molar-refractivity contribution in [3.05, 3.63) is 35.4 Å². The molecule has 1 aromatic rings. The van der Waals surface area contributed by atoms with Crippen molar-refractivity contribution < 1.29 is 5.11 Å². The summed E-state index contributed by atoms with van der Waals surface area (Å²) < 4.78 is 0. The van der Waals surface area contributed by atoms with Gasteiger partial charge < -0.3 is 10.4 Å². The van der Waals surface area contributed by atoms with Gasteiger partial charge in [-0.3, -0.25) is 0 Å². The minimum atomic E-state index is -0.770. The lowest BCUT2D eigenvalue weighted by Crippen LogP contribution is -2.35. The number of hydrogen-bond donors (Lipinski definition) is 2. The predicted octanol–water partition coefficient (Wildman–Crippen LogP) is 2.77. The molecule has 0 spiro atoms. The van der Waals surface area contributed by atoms with Crippen LogP contribution in [-0.2, 0) is 5.60 Å². The van der Waals surface area contributed by atoms with Crippen molar-refractivity contribution in [2.24, 2.45) is 0 Å². The highest BCUT2D eigenvalue weighted by molar-refractivity contribution is 5.30. The molecule has 1 aliphatic carbocycles. The Hall–Kier alpha value is -0.860. The Morgan fingerprint density at radius 3 is 2.41 bits per heavy atom. The predicted molar refractivity (Wildman–Crippen MR) is 71.1 cm³/mol. The third kappa shape index (κ3) is 2.88. The van der Waals surface area contributed by atoms with Gasteiger partial charge in [0.25, 0.3) is 0 Å². The molecule has 0 aromatic heterocycles. The van der Waals surface area contributed by atoms with Crippen molar-refractivity contribution in [3.63, 3.8) is 0 Å². The Bertz CT molecular complexity index is 352. The van der Waals surface area contributed by atoms with E-state index in [4.69, 9.17) is 0 Å². The summed E-state index contributed by atoms with van der Waals surface area (Å²) in [6.07, 6.45) is 4.02. The molecule has 1 aromatic carbocycles. The number of rotatable bonds is 5. The van der Waals surface area contributed by atoms with Crippen LogP contribution >= 0.6 is 0 Å². The fourth-order valence-electron chi connectivity index (χ4n) is 2.33. The summed E-state index contributed by atoms with van der Waals surface area (Å²) in [7, 11) is 0. The van der Waals surface area contributed by atoms with E-state index in [2.05, 4.69) is 36.5 Å². The van der Waals surface area contributed by atoms with Crippen LogP contribution in [0.2, 0.25) is 0 Å². The van der Waals surface area contributed by atoms with Crippen LogP contribution < -0.4 is 5.32 Å². The average molecular weight is 233 g/mol. The maximum Gasteiger partial charge on any atom is 0.0992 e. The zero-order chi connectivity index (χ0) is 12.3. The SMILES string of the molecule is CCNCC(C)(O)c1ccc(C2CCC2)cc1. The van der Waals surface area contributed by atoms with Gasteiger partial charge in [0.15, 0.2) is 0 Å². The molecule has 1 unspecified atom stereocenters. The summed E-state index contributed by atoms with van der Waals surface area (Å²) in [5.74, 6) is 0.766. The monoisotopic (exact) mass is 233 g/mol. The lowest BCUT2D eigenvalue weighted by molar-refractivity contribution is 0.0576. The van der Waals surface area contributed by atoms with E-state index in [0.29, 0.717) is 6.54 Å². The number of nitrogens with one attached hydrogen (secondary N) is 1. The highest BCUT2D eigenvalue weighted by Crippen LogP contribution is 2.36. The minimum absolute atomic E-state index is 0.603. The standard InChI is InChI=1S/C15H23NO/c1-3-16-11-15(2,17)14-9-7-13(8-10-14)12-5-4-6-12/h7-10,12,16-17H,3-6,11H2,1-2H3. The molecule has 2 rings (SSSR count). The second-order valence-electron chi connectivity index (χ2n) is 5.30. The van der Waals surface area contributed by atoms with Gasteiger partial charge in [-0.05, 0) is 43.4 Å². The fraction of sp³-hybridized carbons (Fsp3) is 0.600. The largest absolute Gasteiger partial charge is 0.384 e. The average Bonchev–Trinajstić information content (AvgIpc) is 2.25. The first-order valence-electron chi connectivity index (χ1n) is 6.67. The first-order valence-corrected chi connectivity index (χ1v) is 6.67. The van der Waals surface area contributed by atoms with Crippen LogP contribution in [0.15, 0.2) is 24.3 Å². The van der Waals surface area contributed by atoms with Gasteiger partial charge in [-0.25, -0.2) is 0 Å². The van der Waals surface area contributed by atoms with Gasteiger partial charge >= 0.3 is 0 Å². The molecule has 2 N–H and O–H groups in total. The molecule has 1 aliphatic rings. The third-order valence-corrected chi connectivity index (χ3v) is 3.83. The molecule has 17 heavy (non-hydrogen) atoms. The van der Waals surface area contributed by atoms with Crippen LogP contribution in [0.4, 0.5) is 0 Å². The highest BCUT2D eigenvalue weighted by Gasteiger charge is 2.24. The third-order valence-electron chi connectivity index (χ3n) is 3.83. The van der Waals surface area contributed by atoms with E-state index in [-0.39, 0.29) is 0 Å². The Kier molecular flexibility index (Phi) is 3.85. The Morgan fingerprint density at radius 1 is 1.29 bits per heavy atom. The topological polar surface area (TPSA) is 32.3 Å². The molecule has 1 saturated carbocycles. The van der Waals surface area contributed by atoms with E-state index in [1.165, 1.54) is 24.8 Å². The van der Waals surface area contributed by atoms with Crippen molar-refractivity contribution >= 4 is 0 Å². The lowest BCUT2D eigenvalue weighted by Gasteiger charge is -2.28. The summed E-state index contributed by atoms with van der Waals surface area (Å²) in [5, 5.41) is 13.6. The fourth-order valence-corrected chi connectivity index (χ4v) is 2.33.